The molecule has 0 bridgehead atoms. The molecule has 0 aliphatic carbocycles. The van der Waals surface area contributed by atoms with Gasteiger partial charge in [-0.15, -0.1) is 10.2 Å². The number of amides is 2. The Morgan fingerprint density at radius 1 is 1.35 bits per heavy atom. The molecule has 1 aromatic heterocycles. The smallest absolute Gasteiger partial charge is 0.231 e. The third-order valence-electron chi connectivity index (χ3n) is 4.21. The molecule has 2 amide bonds. The van der Waals surface area contributed by atoms with Crippen LogP contribution < -0.4 is 5.32 Å². The molecule has 1 aromatic rings. The fourth-order valence-electron chi connectivity index (χ4n) is 2.77. The van der Waals surface area contributed by atoms with Crippen molar-refractivity contribution in [3.63, 3.8) is 0 Å². The van der Waals surface area contributed by atoms with Crippen LogP contribution in [0.1, 0.15) is 58.9 Å². The lowest BCUT2D eigenvalue weighted by molar-refractivity contribution is -0.130. The largest absolute Gasteiger partial charge is 0.339 e. The molecule has 1 fully saturated rings. The van der Waals surface area contributed by atoms with E-state index in [0.29, 0.717) is 11.7 Å². The van der Waals surface area contributed by atoms with Crippen molar-refractivity contribution in [2.45, 2.75) is 65.3 Å². The number of hydrogen-bond acceptors (Lipinski definition) is 5. The number of hydrogen-bond donors (Lipinski definition) is 1. The SMILES string of the molecule is CCC(CC)N1CC(C(=O)Nc2nnc(C(C)(C)C)s2)CC1=O. The number of nitrogens with one attached hydrogen (secondary N) is 1. The van der Waals surface area contributed by atoms with Crippen molar-refractivity contribution in [3.05, 3.63) is 5.01 Å². The van der Waals surface area contributed by atoms with Crippen LogP contribution >= 0.6 is 11.3 Å². The molecule has 1 saturated heterocycles. The number of carbonyl (C=O) groups is 2. The van der Waals surface area contributed by atoms with Gasteiger partial charge in [-0.3, -0.25) is 9.59 Å². The van der Waals surface area contributed by atoms with Gasteiger partial charge in [0.25, 0.3) is 0 Å². The molecule has 0 saturated carbocycles. The van der Waals surface area contributed by atoms with E-state index in [1.54, 1.807) is 0 Å². The van der Waals surface area contributed by atoms with E-state index in [9.17, 15) is 9.59 Å². The quantitative estimate of drug-likeness (QED) is 0.896. The van der Waals surface area contributed by atoms with Crippen molar-refractivity contribution >= 4 is 28.3 Å². The third kappa shape index (κ3) is 4.07. The van der Waals surface area contributed by atoms with E-state index in [2.05, 4.69) is 50.1 Å². The number of aromatic nitrogens is 2. The minimum Gasteiger partial charge on any atom is -0.339 e. The van der Waals surface area contributed by atoms with Crippen LogP contribution in [0.25, 0.3) is 0 Å². The van der Waals surface area contributed by atoms with Crippen LogP contribution in [0.15, 0.2) is 0 Å². The molecular weight excluding hydrogens is 312 g/mol. The van der Waals surface area contributed by atoms with Crippen LogP contribution in [0.2, 0.25) is 0 Å². The van der Waals surface area contributed by atoms with E-state index >= 15 is 0 Å². The number of rotatable bonds is 5. The monoisotopic (exact) mass is 338 g/mol. The third-order valence-corrected chi connectivity index (χ3v) is 5.47. The Bertz CT molecular complexity index is 575. The second-order valence-electron chi connectivity index (χ2n) is 7.07. The zero-order chi connectivity index (χ0) is 17.2. The Labute approximate surface area is 141 Å². The van der Waals surface area contributed by atoms with Crippen LogP contribution in [0.5, 0.6) is 0 Å². The molecular formula is C16H26N4O2S. The maximum absolute atomic E-state index is 12.4. The van der Waals surface area contributed by atoms with Gasteiger partial charge in [0.15, 0.2) is 0 Å². The van der Waals surface area contributed by atoms with Crippen molar-refractivity contribution in [2.75, 3.05) is 11.9 Å². The summed E-state index contributed by atoms with van der Waals surface area (Å²) >= 11 is 1.39. The van der Waals surface area contributed by atoms with Crippen molar-refractivity contribution in [1.82, 2.24) is 15.1 Å². The van der Waals surface area contributed by atoms with Crippen LogP contribution in [0.4, 0.5) is 5.13 Å². The average molecular weight is 338 g/mol. The topological polar surface area (TPSA) is 75.2 Å². The van der Waals surface area contributed by atoms with Crippen LogP contribution in [0.3, 0.4) is 0 Å². The summed E-state index contributed by atoms with van der Waals surface area (Å²) in [6.45, 7) is 10.8. The molecule has 2 heterocycles. The molecule has 0 radical (unpaired) electrons. The maximum atomic E-state index is 12.4. The molecule has 1 aliphatic rings. The van der Waals surface area contributed by atoms with Gasteiger partial charge in [-0.1, -0.05) is 46.0 Å². The molecule has 6 nitrogen and oxygen atoms in total. The van der Waals surface area contributed by atoms with E-state index in [1.165, 1.54) is 11.3 Å². The maximum Gasteiger partial charge on any atom is 0.231 e. The zero-order valence-electron chi connectivity index (χ0n) is 14.5. The number of anilines is 1. The second kappa shape index (κ2) is 6.95. The molecule has 1 unspecified atom stereocenters. The molecule has 2 rings (SSSR count). The highest BCUT2D eigenvalue weighted by atomic mass is 32.1. The van der Waals surface area contributed by atoms with Crippen LogP contribution in [0, 0.1) is 5.92 Å². The summed E-state index contributed by atoms with van der Waals surface area (Å²) in [5, 5.41) is 12.4. The van der Waals surface area contributed by atoms with Gasteiger partial charge >= 0.3 is 0 Å². The fraction of sp³-hybridized carbons (Fsp3) is 0.750. The molecule has 1 aliphatic heterocycles. The van der Waals surface area contributed by atoms with Gasteiger partial charge in [-0.2, -0.15) is 0 Å². The summed E-state index contributed by atoms with van der Waals surface area (Å²) in [6.07, 6.45) is 2.12. The molecule has 1 atom stereocenters. The van der Waals surface area contributed by atoms with Gasteiger partial charge in [-0.05, 0) is 12.8 Å². The Kier molecular flexibility index (Phi) is 5.39. The molecule has 1 N–H and O–H groups in total. The first kappa shape index (κ1) is 17.8. The Balaban J connectivity index is 1.99. The van der Waals surface area contributed by atoms with Crippen molar-refractivity contribution in [1.29, 1.82) is 0 Å². The fourth-order valence-corrected chi connectivity index (χ4v) is 3.58. The highest BCUT2D eigenvalue weighted by molar-refractivity contribution is 7.15. The first-order valence-corrected chi connectivity index (χ1v) is 9.02. The highest BCUT2D eigenvalue weighted by Gasteiger charge is 2.37. The summed E-state index contributed by atoms with van der Waals surface area (Å²) in [7, 11) is 0. The lowest BCUT2D eigenvalue weighted by Crippen LogP contribution is -2.36. The second-order valence-corrected chi connectivity index (χ2v) is 8.05. The zero-order valence-corrected chi connectivity index (χ0v) is 15.4. The van der Waals surface area contributed by atoms with Gasteiger partial charge in [0.1, 0.15) is 5.01 Å². The first-order valence-electron chi connectivity index (χ1n) is 8.20. The van der Waals surface area contributed by atoms with Crippen molar-refractivity contribution in [3.8, 4) is 0 Å². The summed E-state index contributed by atoms with van der Waals surface area (Å²) in [4.78, 5) is 26.4. The van der Waals surface area contributed by atoms with Crippen LogP contribution in [-0.2, 0) is 15.0 Å². The predicted octanol–water partition coefficient (Wildman–Crippen LogP) is 2.81. The highest BCUT2D eigenvalue weighted by Crippen LogP contribution is 2.29. The Morgan fingerprint density at radius 3 is 2.52 bits per heavy atom. The Morgan fingerprint density at radius 2 is 2.00 bits per heavy atom. The van der Waals surface area contributed by atoms with E-state index < -0.39 is 0 Å². The van der Waals surface area contributed by atoms with Gasteiger partial charge in [0.05, 0.1) is 5.92 Å². The normalized spacial score (nSPS) is 18.8. The summed E-state index contributed by atoms with van der Waals surface area (Å²) < 4.78 is 0. The van der Waals surface area contributed by atoms with E-state index in [-0.39, 0.29) is 35.6 Å². The number of carbonyl (C=O) groups excluding carboxylic acids is 2. The minimum absolute atomic E-state index is 0.0755. The van der Waals surface area contributed by atoms with Crippen LogP contribution in [-0.4, -0.2) is 39.5 Å². The molecule has 0 aromatic carbocycles. The number of nitrogens with zero attached hydrogens (tertiary/aromatic N) is 3. The predicted molar refractivity (Wildman–Crippen MR) is 91.4 cm³/mol. The van der Waals surface area contributed by atoms with E-state index in [0.717, 1.165) is 17.8 Å². The first-order chi connectivity index (χ1) is 10.8. The molecule has 0 spiro atoms. The van der Waals surface area contributed by atoms with E-state index in [4.69, 9.17) is 0 Å². The summed E-state index contributed by atoms with van der Waals surface area (Å²) in [5.74, 6) is -0.361. The molecule has 23 heavy (non-hydrogen) atoms. The summed E-state index contributed by atoms with van der Waals surface area (Å²) in [6, 6.07) is 0.231. The van der Waals surface area contributed by atoms with Gasteiger partial charge in [-0.25, -0.2) is 0 Å². The van der Waals surface area contributed by atoms with Gasteiger partial charge in [0, 0.05) is 24.4 Å². The molecule has 128 valence electrons. The molecule has 7 heteroatoms. The average Bonchev–Trinajstić information content (AvgIpc) is 3.08. The standard InChI is InChI=1S/C16H26N4O2S/c1-6-11(7-2)20-9-10(8-12(20)21)13(22)17-15-19-18-14(23-15)16(3,4)5/h10-11H,6-9H2,1-5H3,(H,17,19,22). The van der Waals surface area contributed by atoms with Gasteiger partial charge < -0.3 is 10.2 Å². The lowest BCUT2D eigenvalue weighted by atomic mass is 9.98. The van der Waals surface area contributed by atoms with Crippen molar-refractivity contribution < 1.29 is 9.59 Å². The lowest BCUT2D eigenvalue weighted by Gasteiger charge is -2.25. The number of likely N-dealkylation sites (tertiary alicyclic amines) is 1. The van der Waals surface area contributed by atoms with Gasteiger partial charge in [0.2, 0.25) is 16.9 Å². The summed E-state index contributed by atoms with van der Waals surface area (Å²) in [5.41, 5.74) is -0.0871. The minimum atomic E-state index is -0.301. The Hall–Kier alpha value is -1.50. The van der Waals surface area contributed by atoms with Crippen molar-refractivity contribution in [2.24, 2.45) is 5.92 Å². The van der Waals surface area contributed by atoms with E-state index in [1.807, 2.05) is 4.90 Å².